The van der Waals surface area contributed by atoms with Crippen molar-refractivity contribution < 1.29 is 4.79 Å². The zero-order valence-corrected chi connectivity index (χ0v) is 17.6. The molecule has 8 nitrogen and oxygen atoms in total. The fraction of sp³-hybridized carbons (Fsp3) is 0.300. The zero-order chi connectivity index (χ0) is 20.4. The van der Waals surface area contributed by atoms with Gasteiger partial charge >= 0.3 is 6.03 Å². The maximum absolute atomic E-state index is 12.9. The third-order valence-corrected chi connectivity index (χ3v) is 5.44. The number of urea groups is 1. The Bertz CT molecular complexity index is 1110. The van der Waals surface area contributed by atoms with Crippen LogP contribution in [-0.2, 0) is 6.54 Å². The Morgan fingerprint density at radius 1 is 1.17 bits per heavy atom. The number of hydrogen-bond donors (Lipinski definition) is 1. The number of carbonyl (C=O) groups excluding carboxylic acids is 1. The second-order valence-corrected chi connectivity index (χ2v) is 7.66. The van der Waals surface area contributed by atoms with Crippen LogP contribution in [0.3, 0.4) is 0 Å². The summed E-state index contributed by atoms with van der Waals surface area (Å²) in [4.78, 5) is 38.0. The fourth-order valence-electron chi connectivity index (χ4n) is 3.45. The van der Waals surface area contributed by atoms with Crippen molar-refractivity contribution in [3.8, 4) is 0 Å². The van der Waals surface area contributed by atoms with Crippen molar-refractivity contribution in [2.24, 2.45) is 0 Å². The molecule has 0 aliphatic carbocycles. The molecule has 0 spiro atoms. The highest BCUT2D eigenvalue weighted by molar-refractivity contribution is 9.10. The summed E-state index contributed by atoms with van der Waals surface area (Å²) >= 11 is 3.40. The topological polar surface area (TPSA) is 83.4 Å². The van der Waals surface area contributed by atoms with Gasteiger partial charge in [-0.15, -0.1) is 0 Å². The van der Waals surface area contributed by atoms with Crippen LogP contribution in [0.15, 0.2) is 51.9 Å². The fourth-order valence-corrected chi connectivity index (χ4v) is 3.85. The van der Waals surface area contributed by atoms with Gasteiger partial charge in [-0.2, -0.15) is 0 Å². The predicted octanol–water partition coefficient (Wildman–Crippen LogP) is 2.93. The van der Waals surface area contributed by atoms with Gasteiger partial charge in [0.1, 0.15) is 5.52 Å². The number of rotatable bonds is 3. The summed E-state index contributed by atoms with van der Waals surface area (Å²) < 4.78 is 2.55. The van der Waals surface area contributed by atoms with Crippen molar-refractivity contribution in [3.63, 3.8) is 0 Å². The molecule has 0 bridgehead atoms. The second-order valence-electron chi connectivity index (χ2n) is 6.75. The molecular formula is C20H21BrN6O2. The molecule has 2 amide bonds. The molecule has 1 fully saturated rings. The van der Waals surface area contributed by atoms with E-state index < -0.39 is 0 Å². The van der Waals surface area contributed by atoms with Gasteiger partial charge in [-0.3, -0.25) is 9.36 Å². The van der Waals surface area contributed by atoms with Crippen molar-refractivity contribution >= 4 is 44.6 Å². The smallest absolute Gasteiger partial charge is 0.321 e. The minimum absolute atomic E-state index is 0.147. The molecule has 1 aliphatic rings. The SMILES string of the molecule is CCn1c(=O)c(N2CCN(C(=O)Nc3cccc(Br)c3)CC2)nc2cccnc21. The minimum Gasteiger partial charge on any atom is -0.348 e. The quantitative estimate of drug-likeness (QED) is 0.654. The molecular weight excluding hydrogens is 436 g/mol. The molecule has 0 unspecified atom stereocenters. The van der Waals surface area contributed by atoms with Crippen molar-refractivity contribution in [2.45, 2.75) is 13.5 Å². The number of piperazine rings is 1. The molecule has 1 aromatic carbocycles. The van der Waals surface area contributed by atoms with Crippen LogP contribution in [0, 0.1) is 0 Å². The Labute approximate surface area is 176 Å². The Kier molecular flexibility index (Phi) is 5.48. The van der Waals surface area contributed by atoms with Gasteiger partial charge in [0.15, 0.2) is 11.5 Å². The van der Waals surface area contributed by atoms with Crippen LogP contribution in [0.2, 0.25) is 0 Å². The summed E-state index contributed by atoms with van der Waals surface area (Å²) in [6, 6.07) is 11.0. The van der Waals surface area contributed by atoms with E-state index in [9.17, 15) is 9.59 Å². The van der Waals surface area contributed by atoms with Gasteiger partial charge in [-0.05, 0) is 37.3 Å². The third kappa shape index (κ3) is 3.95. The number of aryl methyl sites for hydroxylation is 1. The van der Waals surface area contributed by atoms with E-state index in [1.54, 1.807) is 15.7 Å². The Hall–Kier alpha value is -2.94. The van der Waals surface area contributed by atoms with E-state index in [0.717, 1.165) is 10.2 Å². The van der Waals surface area contributed by atoms with Gasteiger partial charge in [-0.1, -0.05) is 22.0 Å². The summed E-state index contributed by atoms with van der Waals surface area (Å²) in [7, 11) is 0. The first-order valence-electron chi connectivity index (χ1n) is 9.49. The van der Waals surface area contributed by atoms with Crippen molar-refractivity contribution in [2.75, 3.05) is 36.4 Å². The standard InChI is InChI=1S/C20H21BrN6O2/c1-2-27-17-16(7-4-8-22-17)24-18(19(27)28)25-9-11-26(12-10-25)20(29)23-15-6-3-5-14(21)13-15/h3-8,13H,2,9-12H2,1H3,(H,23,29). The number of benzene rings is 1. The highest BCUT2D eigenvalue weighted by Crippen LogP contribution is 2.18. The molecule has 0 radical (unpaired) electrons. The lowest BCUT2D eigenvalue weighted by atomic mass is 10.3. The molecule has 150 valence electrons. The van der Waals surface area contributed by atoms with E-state index in [-0.39, 0.29) is 11.6 Å². The van der Waals surface area contributed by atoms with Crippen LogP contribution in [0.1, 0.15) is 6.92 Å². The van der Waals surface area contributed by atoms with Gasteiger partial charge in [-0.25, -0.2) is 14.8 Å². The van der Waals surface area contributed by atoms with Gasteiger partial charge in [0, 0.05) is 49.1 Å². The monoisotopic (exact) mass is 456 g/mol. The normalized spacial score (nSPS) is 14.3. The van der Waals surface area contributed by atoms with E-state index in [4.69, 9.17) is 0 Å². The number of carbonyl (C=O) groups is 1. The number of pyridine rings is 1. The number of halogens is 1. The van der Waals surface area contributed by atoms with Crippen molar-refractivity contribution in [1.82, 2.24) is 19.4 Å². The van der Waals surface area contributed by atoms with Crippen molar-refractivity contribution in [3.05, 3.63) is 57.4 Å². The summed E-state index contributed by atoms with van der Waals surface area (Å²) in [6.45, 7) is 4.56. The molecule has 3 heterocycles. The number of nitrogens with one attached hydrogen (secondary N) is 1. The largest absolute Gasteiger partial charge is 0.348 e. The number of aromatic nitrogens is 3. The maximum Gasteiger partial charge on any atom is 0.321 e. The lowest BCUT2D eigenvalue weighted by molar-refractivity contribution is 0.208. The van der Waals surface area contributed by atoms with Gasteiger partial charge in [0.2, 0.25) is 0 Å². The first kappa shape index (κ1) is 19.4. The molecule has 2 aromatic heterocycles. The Morgan fingerprint density at radius 3 is 2.69 bits per heavy atom. The lowest BCUT2D eigenvalue weighted by Gasteiger charge is -2.35. The average Bonchev–Trinajstić information content (AvgIpc) is 2.73. The van der Waals surface area contributed by atoms with Gasteiger partial charge in [0.25, 0.3) is 5.56 Å². The first-order chi connectivity index (χ1) is 14.1. The molecule has 9 heteroatoms. The maximum atomic E-state index is 12.9. The minimum atomic E-state index is -0.149. The van der Waals surface area contributed by atoms with Crippen molar-refractivity contribution in [1.29, 1.82) is 0 Å². The summed E-state index contributed by atoms with van der Waals surface area (Å²) in [6.07, 6.45) is 1.66. The third-order valence-electron chi connectivity index (χ3n) is 4.94. The molecule has 1 N–H and O–H groups in total. The number of amides is 2. The number of nitrogens with zero attached hydrogens (tertiary/aromatic N) is 5. The van der Waals surface area contributed by atoms with Gasteiger partial charge in [0.05, 0.1) is 0 Å². The summed E-state index contributed by atoms with van der Waals surface area (Å²) in [5.41, 5.74) is 1.88. The predicted molar refractivity (Wildman–Crippen MR) is 116 cm³/mol. The van der Waals surface area contributed by atoms with E-state index in [1.165, 1.54) is 0 Å². The molecule has 0 saturated carbocycles. The van der Waals surface area contributed by atoms with Crippen LogP contribution in [-0.4, -0.2) is 51.6 Å². The molecule has 0 atom stereocenters. The van der Waals surface area contributed by atoms with Crippen LogP contribution < -0.4 is 15.8 Å². The highest BCUT2D eigenvalue weighted by Gasteiger charge is 2.25. The molecule has 3 aromatic rings. The van der Waals surface area contributed by atoms with Crippen LogP contribution in [0.25, 0.3) is 11.2 Å². The van der Waals surface area contributed by atoms with Crippen LogP contribution in [0.4, 0.5) is 16.3 Å². The van der Waals surface area contributed by atoms with Gasteiger partial charge < -0.3 is 15.1 Å². The van der Waals surface area contributed by atoms with E-state index in [0.29, 0.717) is 49.7 Å². The molecule has 29 heavy (non-hydrogen) atoms. The Morgan fingerprint density at radius 2 is 1.97 bits per heavy atom. The Balaban J connectivity index is 1.49. The molecule has 1 aliphatic heterocycles. The van der Waals surface area contributed by atoms with E-state index >= 15 is 0 Å². The first-order valence-corrected chi connectivity index (χ1v) is 10.3. The average molecular weight is 457 g/mol. The second kappa shape index (κ2) is 8.20. The molecule has 1 saturated heterocycles. The molecule has 4 rings (SSSR count). The number of hydrogen-bond acceptors (Lipinski definition) is 5. The highest BCUT2D eigenvalue weighted by atomic mass is 79.9. The van der Waals surface area contributed by atoms with Crippen LogP contribution >= 0.6 is 15.9 Å². The number of anilines is 2. The zero-order valence-electron chi connectivity index (χ0n) is 16.0. The summed E-state index contributed by atoms with van der Waals surface area (Å²) in [5, 5.41) is 2.91. The van der Waals surface area contributed by atoms with E-state index in [2.05, 4.69) is 31.2 Å². The lowest BCUT2D eigenvalue weighted by Crippen LogP contribution is -2.51. The number of fused-ring (bicyclic) bond motifs is 1. The van der Waals surface area contributed by atoms with E-state index in [1.807, 2.05) is 48.2 Å². The summed E-state index contributed by atoms with van der Waals surface area (Å²) in [5.74, 6) is 0.416. The van der Waals surface area contributed by atoms with Crippen LogP contribution in [0.5, 0.6) is 0 Å².